The number of rotatable bonds is 12. The van der Waals surface area contributed by atoms with Crippen LogP contribution in [0.25, 0.3) is 11.1 Å². The molecular formula is C29H30ClF2N5O3. The highest BCUT2D eigenvalue weighted by Gasteiger charge is 2.21. The highest BCUT2D eigenvalue weighted by molar-refractivity contribution is 6.33. The number of nitrogens with zero attached hydrogens (tertiary/aromatic N) is 3. The summed E-state index contributed by atoms with van der Waals surface area (Å²) in [7, 11) is 0. The second kappa shape index (κ2) is 13.0. The number of halogens is 3. The highest BCUT2D eigenvalue weighted by Crippen LogP contribution is 2.34. The molecule has 2 heterocycles. The Kier molecular flexibility index (Phi) is 9.44. The van der Waals surface area contributed by atoms with Gasteiger partial charge in [-0.15, -0.1) is 5.10 Å². The summed E-state index contributed by atoms with van der Waals surface area (Å²) in [6, 6.07) is 12.5. The second-order valence-electron chi connectivity index (χ2n) is 9.40. The first-order valence-electron chi connectivity index (χ1n) is 13.0. The largest absolute Gasteiger partial charge is 0.494 e. The molecule has 0 spiro atoms. The molecule has 4 rings (SSSR count). The molecule has 8 nitrogen and oxygen atoms in total. The highest BCUT2D eigenvalue weighted by atomic mass is 35.5. The van der Waals surface area contributed by atoms with Crippen LogP contribution in [0.3, 0.4) is 0 Å². The molecule has 2 aromatic heterocycles. The molecule has 40 heavy (non-hydrogen) atoms. The Hall–Kier alpha value is -3.89. The third-order valence-corrected chi connectivity index (χ3v) is 7.08. The van der Waals surface area contributed by atoms with Gasteiger partial charge >= 0.3 is 0 Å². The molecule has 0 saturated heterocycles. The van der Waals surface area contributed by atoms with E-state index in [9.17, 15) is 18.7 Å². The van der Waals surface area contributed by atoms with Gasteiger partial charge in [0.1, 0.15) is 29.0 Å². The van der Waals surface area contributed by atoms with Crippen LogP contribution in [0.15, 0.2) is 54.7 Å². The molecule has 0 bridgehead atoms. The van der Waals surface area contributed by atoms with E-state index in [-0.39, 0.29) is 34.5 Å². The maximum Gasteiger partial charge on any atom is 0.296 e. The molecule has 0 fully saturated rings. The Morgan fingerprint density at radius 3 is 2.62 bits per heavy atom. The van der Waals surface area contributed by atoms with Gasteiger partial charge in [0.15, 0.2) is 0 Å². The third kappa shape index (κ3) is 7.19. The first kappa shape index (κ1) is 29.1. The van der Waals surface area contributed by atoms with Crippen LogP contribution in [0.4, 0.5) is 14.6 Å². The van der Waals surface area contributed by atoms with Gasteiger partial charge < -0.3 is 15.2 Å². The van der Waals surface area contributed by atoms with Crippen LogP contribution in [-0.4, -0.2) is 43.4 Å². The predicted molar refractivity (Wildman–Crippen MR) is 148 cm³/mol. The Balaban J connectivity index is 1.44. The van der Waals surface area contributed by atoms with Gasteiger partial charge in [0.2, 0.25) is 5.82 Å². The van der Waals surface area contributed by atoms with Crippen molar-refractivity contribution in [2.75, 3.05) is 11.9 Å². The number of aromatic nitrogens is 4. The fourth-order valence-electron chi connectivity index (χ4n) is 4.18. The van der Waals surface area contributed by atoms with E-state index in [2.05, 4.69) is 25.5 Å². The van der Waals surface area contributed by atoms with Crippen molar-refractivity contribution in [1.29, 1.82) is 0 Å². The number of carbonyl (C=O) groups excluding carboxylic acids is 1. The number of hydrogen-bond acceptors (Lipinski definition) is 6. The van der Waals surface area contributed by atoms with Gasteiger partial charge in [-0.25, -0.2) is 18.7 Å². The van der Waals surface area contributed by atoms with E-state index in [4.69, 9.17) is 16.3 Å². The van der Waals surface area contributed by atoms with Crippen molar-refractivity contribution in [2.24, 2.45) is 0 Å². The second-order valence-corrected chi connectivity index (χ2v) is 9.81. The number of amides is 1. The first-order chi connectivity index (χ1) is 19.2. The molecule has 0 atom stereocenters. The van der Waals surface area contributed by atoms with Gasteiger partial charge in [0.25, 0.3) is 5.91 Å². The molecular weight excluding hydrogens is 540 g/mol. The van der Waals surface area contributed by atoms with Crippen molar-refractivity contribution in [3.8, 4) is 16.9 Å². The molecule has 0 aliphatic heterocycles. The van der Waals surface area contributed by atoms with E-state index in [0.717, 1.165) is 6.20 Å². The molecule has 0 unspecified atom stereocenters. The number of carbonyl (C=O) groups is 1. The average molecular weight is 570 g/mol. The Morgan fingerprint density at radius 1 is 1.10 bits per heavy atom. The fourth-order valence-corrected chi connectivity index (χ4v) is 4.40. The summed E-state index contributed by atoms with van der Waals surface area (Å²) in [4.78, 5) is 20.8. The summed E-state index contributed by atoms with van der Waals surface area (Å²) in [5, 5.41) is 19.8. The molecule has 0 aliphatic rings. The number of pyridine rings is 1. The summed E-state index contributed by atoms with van der Waals surface area (Å²) < 4.78 is 34.6. The van der Waals surface area contributed by atoms with Gasteiger partial charge in [-0.05, 0) is 61.6 Å². The molecule has 0 saturated carbocycles. The molecule has 4 aromatic rings. The lowest BCUT2D eigenvalue weighted by atomic mass is 9.92. The summed E-state index contributed by atoms with van der Waals surface area (Å²) in [6.45, 7) is 4.28. The minimum Gasteiger partial charge on any atom is -0.494 e. The van der Waals surface area contributed by atoms with E-state index < -0.39 is 17.3 Å². The molecule has 0 aliphatic carbocycles. The SMILES string of the molecule is CCC(O)(CC)CCCOc1ccc(Cl)c(-c2cc(NC(=O)c3n[nH]c(Cc4ccccc4F)n3)ncc2F)c1. The molecule has 1 amide bonds. The van der Waals surface area contributed by atoms with Gasteiger partial charge in [-0.1, -0.05) is 43.6 Å². The summed E-state index contributed by atoms with van der Waals surface area (Å²) in [5.74, 6) is -1.03. The lowest BCUT2D eigenvalue weighted by Crippen LogP contribution is -2.26. The van der Waals surface area contributed by atoms with Crippen molar-refractivity contribution in [1.82, 2.24) is 20.2 Å². The minimum absolute atomic E-state index is 0.0580. The van der Waals surface area contributed by atoms with Gasteiger partial charge in [-0.3, -0.25) is 9.89 Å². The van der Waals surface area contributed by atoms with Crippen molar-refractivity contribution in [3.63, 3.8) is 0 Å². The molecule has 11 heteroatoms. The Labute approximate surface area is 235 Å². The van der Waals surface area contributed by atoms with Crippen molar-refractivity contribution < 1.29 is 23.4 Å². The van der Waals surface area contributed by atoms with Crippen LogP contribution in [0, 0.1) is 11.6 Å². The van der Waals surface area contributed by atoms with Crippen LogP contribution >= 0.6 is 11.6 Å². The Bertz CT molecular complexity index is 1480. The lowest BCUT2D eigenvalue weighted by molar-refractivity contribution is 0.0185. The number of nitrogens with one attached hydrogen (secondary N) is 2. The number of hydrogen-bond donors (Lipinski definition) is 3. The van der Waals surface area contributed by atoms with E-state index in [1.165, 1.54) is 12.1 Å². The van der Waals surface area contributed by atoms with E-state index in [1.807, 2.05) is 13.8 Å². The van der Waals surface area contributed by atoms with Crippen molar-refractivity contribution in [2.45, 2.75) is 51.6 Å². The zero-order valence-corrected chi connectivity index (χ0v) is 22.9. The molecule has 2 aromatic carbocycles. The van der Waals surface area contributed by atoms with Gasteiger partial charge in [-0.2, -0.15) is 0 Å². The Morgan fingerprint density at radius 2 is 1.88 bits per heavy atom. The number of benzene rings is 2. The standard InChI is InChI=1S/C29H30ClF2N5O3/c1-3-29(39,4-2)12-7-13-40-19-10-11-22(30)20(15-19)21-16-25(33-17-24(21)32)35-28(38)27-34-26(36-37-27)14-18-8-5-6-9-23(18)31/h5-6,8-11,15-17,39H,3-4,7,12-14H2,1-2H3,(H,33,35,38)(H,34,36,37). The monoisotopic (exact) mass is 569 g/mol. The van der Waals surface area contributed by atoms with E-state index in [0.29, 0.717) is 55.0 Å². The number of H-pyrrole nitrogens is 1. The van der Waals surface area contributed by atoms with Crippen molar-refractivity contribution in [3.05, 3.63) is 88.6 Å². The number of aliphatic hydroxyl groups is 1. The topological polar surface area (TPSA) is 113 Å². The lowest BCUT2D eigenvalue weighted by Gasteiger charge is -2.24. The van der Waals surface area contributed by atoms with Crippen LogP contribution in [-0.2, 0) is 6.42 Å². The number of ether oxygens (including phenoxy) is 1. The normalized spacial score (nSPS) is 11.4. The van der Waals surface area contributed by atoms with E-state index >= 15 is 0 Å². The van der Waals surface area contributed by atoms with Gasteiger partial charge in [0.05, 0.1) is 18.4 Å². The predicted octanol–water partition coefficient (Wildman–Crippen LogP) is 6.35. The average Bonchev–Trinajstić information content (AvgIpc) is 3.43. The molecule has 0 radical (unpaired) electrons. The maximum atomic E-state index is 14.8. The zero-order valence-electron chi connectivity index (χ0n) is 22.2. The van der Waals surface area contributed by atoms with Crippen molar-refractivity contribution >= 4 is 23.3 Å². The summed E-state index contributed by atoms with van der Waals surface area (Å²) in [5.41, 5.74) is 0.171. The number of anilines is 1. The van der Waals surface area contributed by atoms with Crippen LogP contribution in [0.2, 0.25) is 5.02 Å². The zero-order chi connectivity index (χ0) is 28.7. The smallest absolute Gasteiger partial charge is 0.296 e. The summed E-state index contributed by atoms with van der Waals surface area (Å²) in [6.07, 6.45) is 3.70. The van der Waals surface area contributed by atoms with E-state index in [1.54, 1.807) is 36.4 Å². The van der Waals surface area contributed by atoms with Crippen LogP contribution < -0.4 is 10.1 Å². The third-order valence-electron chi connectivity index (χ3n) is 6.75. The molecule has 3 N–H and O–H groups in total. The van der Waals surface area contributed by atoms with Crippen LogP contribution in [0.5, 0.6) is 5.75 Å². The maximum absolute atomic E-state index is 14.8. The first-order valence-corrected chi connectivity index (χ1v) is 13.4. The molecule has 210 valence electrons. The summed E-state index contributed by atoms with van der Waals surface area (Å²) >= 11 is 6.38. The van der Waals surface area contributed by atoms with Crippen LogP contribution in [0.1, 0.15) is 61.5 Å². The van der Waals surface area contributed by atoms with Gasteiger partial charge in [0, 0.05) is 22.6 Å². The fraction of sp³-hybridized carbons (Fsp3) is 0.310. The minimum atomic E-state index is -0.706. The number of aromatic amines is 1. The quantitative estimate of drug-likeness (QED) is 0.171.